The van der Waals surface area contributed by atoms with E-state index in [9.17, 15) is 9.90 Å². The predicted octanol–water partition coefficient (Wildman–Crippen LogP) is 3.10. The number of benzene rings is 1. The van der Waals surface area contributed by atoms with E-state index in [1.807, 2.05) is 42.6 Å². The number of aliphatic hydroxyl groups is 1. The first-order chi connectivity index (χ1) is 8.59. The minimum absolute atomic E-state index is 0.130. The van der Waals surface area contributed by atoms with E-state index < -0.39 is 6.10 Å². The van der Waals surface area contributed by atoms with Crippen LogP contribution in [0.15, 0.2) is 35.7 Å². The zero-order chi connectivity index (χ0) is 13.1. The Morgan fingerprint density at radius 3 is 2.61 bits per heavy atom. The van der Waals surface area contributed by atoms with E-state index in [2.05, 4.69) is 5.32 Å². The van der Waals surface area contributed by atoms with Crippen LogP contribution < -0.4 is 5.32 Å². The Kier molecular flexibility index (Phi) is 3.79. The van der Waals surface area contributed by atoms with Crippen LogP contribution in [0.4, 0.5) is 5.69 Å². The molecule has 1 heterocycles. The van der Waals surface area contributed by atoms with E-state index in [4.69, 9.17) is 0 Å². The van der Waals surface area contributed by atoms with E-state index in [0.717, 1.165) is 16.0 Å². The van der Waals surface area contributed by atoms with Crippen molar-refractivity contribution in [2.24, 2.45) is 0 Å². The molecule has 0 spiro atoms. The number of aliphatic hydroxyl groups excluding tert-OH is 1. The second-order valence-corrected chi connectivity index (χ2v) is 5.20. The standard InChI is InChI=1S/C14H15NO2S/c1-9-13(12(8-18-9)15-10(2)16)14(17)11-6-4-3-5-7-11/h3-8,14,17H,1-2H3,(H,15,16). The van der Waals surface area contributed by atoms with Crippen molar-refractivity contribution in [1.82, 2.24) is 0 Å². The number of anilines is 1. The summed E-state index contributed by atoms with van der Waals surface area (Å²) in [6.07, 6.45) is -0.709. The van der Waals surface area contributed by atoms with Crippen molar-refractivity contribution in [2.45, 2.75) is 20.0 Å². The molecule has 0 aliphatic rings. The first-order valence-electron chi connectivity index (χ1n) is 5.68. The summed E-state index contributed by atoms with van der Waals surface area (Å²) in [6, 6.07) is 9.43. The first kappa shape index (κ1) is 12.8. The SMILES string of the molecule is CC(=O)Nc1csc(C)c1C(O)c1ccccc1. The van der Waals surface area contributed by atoms with Crippen LogP contribution in [0.25, 0.3) is 0 Å². The lowest BCUT2D eigenvalue weighted by Gasteiger charge is -2.14. The van der Waals surface area contributed by atoms with E-state index in [-0.39, 0.29) is 5.91 Å². The van der Waals surface area contributed by atoms with Gasteiger partial charge in [-0.15, -0.1) is 11.3 Å². The van der Waals surface area contributed by atoms with Crippen molar-refractivity contribution in [2.75, 3.05) is 5.32 Å². The van der Waals surface area contributed by atoms with Crippen LogP contribution in [-0.2, 0) is 4.79 Å². The zero-order valence-electron chi connectivity index (χ0n) is 10.3. The predicted molar refractivity (Wildman–Crippen MR) is 73.9 cm³/mol. The number of thiophene rings is 1. The fourth-order valence-corrected chi connectivity index (χ4v) is 2.72. The molecule has 0 saturated heterocycles. The van der Waals surface area contributed by atoms with E-state index in [1.54, 1.807) is 0 Å². The lowest BCUT2D eigenvalue weighted by molar-refractivity contribution is -0.114. The van der Waals surface area contributed by atoms with Crippen molar-refractivity contribution in [3.05, 3.63) is 51.7 Å². The average molecular weight is 261 g/mol. The van der Waals surface area contributed by atoms with Crippen molar-refractivity contribution in [3.63, 3.8) is 0 Å². The van der Waals surface area contributed by atoms with Gasteiger partial charge < -0.3 is 10.4 Å². The summed E-state index contributed by atoms with van der Waals surface area (Å²) >= 11 is 1.52. The fraction of sp³-hybridized carbons (Fsp3) is 0.214. The number of carbonyl (C=O) groups is 1. The third-order valence-corrected chi connectivity index (χ3v) is 3.65. The van der Waals surface area contributed by atoms with E-state index >= 15 is 0 Å². The van der Waals surface area contributed by atoms with Gasteiger partial charge in [0, 0.05) is 22.7 Å². The molecule has 0 aliphatic heterocycles. The quantitative estimate of drug-likeness (QED) is 0.892. The van der Waals surface area contributed by atoms with Gasteiger partial charge in [-0.1, -0.05) is 30.3 Å². The third kappa shape index (κ3) is 2.60. The Hall–Kier alpha value is -1.65. The minimum Gasteiger partial charge on any atom is -0.384 e. The van der Waals surface area contributed by atoms with Crippen molar-refractivity contribution < 1.29 is 9.90 Å². The zero-order valence-corrected chi connectivity index (χ0v) is 11.1. The van der Waals surface area contributed by atoms with Crippen LogP contribution in [0.5, 0.6) is 0 Å². The summed E-state index contributed by atoms with van der Waals surface area (Å²) in [7, 11) is 0. The number of carbonyl (C=O) groups excluding carboxylic acids is 1. The van der Waals surface area contributed by atoms with Crippen LogP contribution in [0.1, 0.15) is 29.0 Å². The monoisotopic (exact) mass is 261 g/mol. The van der Waals surface area contributed by atoms with E-state index in [1.165, 1.54) is 18.3 Å². The molecule has 0 saturated carbocycles. The molecule has 0 aliphatic carbocycles. The molecular weight excluding hydrogens is 246 g/mol. The van der Waals surface area contributed by atoms with Crippen LogP contribution in [0, 0.1) is 6.92 Å². The van der Waals surface area contributed by atoms with Gasteiger partial charge in [-0.2, -0.15) is 0 Å². The van der Waals surface area contributed by atoms with Crippen molar-refractivity contribution in [1.29, 1.82) is 0 Å². The minimum atomic E-state index is -0.709. The topological polar surface area (TPSA) is 49.3 Å². The van der Waals surface area contributed by atoms with Crippen LogP contribution >= 0.6 is 11.3 Å². The van der Waals surface area contributed by atoms with Crippen molar-refractivity contribution >= 4 is 22.9 Å². The lowest BCUT2D eigenvalue weighted by atomic mass is 10.0. The summed E-state index contributed by atoms with van der Waals surface area (Å²) in [5, 5.41) is 15.0. The molecule has 1 amide bonds. The normalized spacial score (nSPS) is 12.2. The molecule has 1 atom stereocenters. The third-order valence-electron chi connectivity index (χ3n) is 2.72. The average Bonchev–Trinajstić information content (AvgIpc) is 2.70. The molecule has 18 heavy (non-hydrogen) atoms. The molecule has 0 bridgehead atoms. The van der Waals surface area contributed by atoms with Gasteiger partial charge in [-0.05, 0) is 12.5 Å². The number of hydrogen-bond donors (Lipinski definition) is 2. The first-order valence-corrected chi connectivity index (χ1v) is 6.56. The molecule has 2 rings (SSSR count). The molecule has 2 aromatic rings. The largest absolute Gasteiger partial charge is 0.384 e. The molecule has 4 heteroatoms. The Morgan fingerprint density at radius 1 is 1.33 bits per heavy atom. The molecule has 0 radical (unpaired) electrons. The molecule has 2 N–H and O–H groups in total. The Labute approximate surface area is 110 Å². The molecule has 94 valence electrons. The number of aryl methyl sites for hydroxylation is 1. The summed E-state index contributed by atoms with van der Waals surface area (Å²) < 4.78 is 0. The summed E-state index contributed by atoms with van der Waals surface area (Å²) in [6.45, 7) is 3.41. The Bertz CT molecular complexity index is 548. The summed E-state index contributed by atoms with van der Waals surface area (Å²) in [5.74, 6) is -0.130. The second-order valence-electron chi connectivity index (χ2n) is 4.11. The number of hydrogen-bond acceptors (Lipinski definition) is 3. The smallest absolute Gasteiger partial charge is 0.221 e. The maximum absolute atomic E-state index is 11.1. The van der Waals surface area contributed by atoms with Crippen LogP contribution in [0.3, 0.4) is 0 Å². The molecule has 1 aromatic heterocycles. The van der Waals surface area contributed by atoms with Gasteiger partial charge in [0.2, 0.25) is 5.91 Å². The highest BCUT2D eigenvalue weighted by Crippen LogP contribution is 2.35. The van der Waals surface area contributed by atoms with Gasteiger partial charge in [0.1, 0.15) is 6.10 Å². The molecular formula is C14H15NO2S. The van der Waals surface area contributed by atoms with Gasteiger partial charge in [0.25, 0.3) is 0 Å². The number of amides is 1. The van der Waals surface area contributed by atoms with Crippen molar-refractivity contribution in [3.8, 4) is 0 Å². The highest BCUT2D eigenvalue weighted by atomic mass is 32.1. The highest BCUT2D eigenvalue weighted by molar-refractivity contribution is 7.10. The van der Waals surface area contributed by atoms with Gasteiger partial charge in [-0.3, -0.25) is 4.79 Å². The fourth-order valence-electron chi connectivity index (χ4n) is 1.89. The van der Waals surface area contributed by atoms with Gasteiger partial charge in [0.05, 0.1) is 5.69 Å². The molecule has 1 unspecified atom stereocenters. The lowest BCUT2D eigenvalue weighted by Crippen LogP contribution is -2.09. The molecule has 0 fully saturated rings. The summed E-state index contributed by atoms with van der Waals surface area (Å²) in [5.41, 5.74) is 2.30. The van der Waals surface area contributed by atoms with Gasteiger partial charge in [-0.25, -0.2) is 0 Å². The maximum atomic E-state index is 11.1. The molecule has 3 nitrogen and oxygen atoms in total. The number of rotatable bonds is 3. The van der Waals surface area contributed by atoms with Gasteiger partial charge in [0.15, 0.2) is 0 Å². The van der Waals surface area contributed by atoms with Crippen LogP contribution in [-0.4, -0.2) is 11.0 Å². The summed E-state index contributed by atoms with van der Waals surface area (Å²) in [4.78, 5) is 12.2. The highest BCUT2D eigenvalue weighted by Gasteiger charge is 2.19. The Morgan fingerprint density at radius 2 is 2.00 bits per heavy atom. The second kappa shape index (κ2) is 5.33. The number of nitrogens with one attached hydrogen (secondary N) is 1. The van der Waals surface area contributed by atoms with E-state index in [0.29, 0.717) is 5.69 Å². The van der Waals surface area contributed by atoms with Gasteiger partial charge >= 0.3 is 0 Å². The van der Waals surface area contributed by atoms with Crippen LogP contribution in [0.2, 0.25) is 0 Å². The Balaban J connectivity index is 2.38. The molecule has 1 aromatic carbocycles. The maximum Gasteiger partial charge on any atom is 0.221 e.